The minimum Gasteiger partial charge on any atom is -0.319 e. The minimum atomic E-state index is -2.21. The standard InChI is InChI=1S/C8H9Cl2OP/c1-12(2,11)6-3-4-7(9)8(10)5-6/h3-5H,1-2H3. The van der Waals surface area contributed by atoms with Gasteiger partial charge in [0.1, 0.15) is 7.14 Å². The van der Waals surface area contributed by atoms with E-state index in [0.29, 0.717) is 10.0 Å². The molecule has 0 heterocycles. The first-order valence-corrected chi connectivity index (χ1v) is 6.77. The molecule has 0 atom stereocenters. The second-order valence-electron chi connectivity index (χ2n) is 2.95. The Labute approximate surface area is 82.1 Å². The van der Waals surface area contributed by atoms with Crippen molar-refractivity contribution in [3.8, 4) is 0 Å². The molecule has 0 fully saturated rings. The van der Waals surface area contributed by atoms with Crippen LogP contribution in [0.2, 0.25) is 10.0 Å². The average Bonchev–Trinajstić information content (AvgIpc) is 1.92. The normalized spacial score (nSPS) is 11.7. The zero-order chi connectivity index (χ0) is 9.35. The van der Waals surface area contributed by atoms with Crippen LogP contribution in [0, 0.1) is 0 Å². The van der Waals surface area contributed by atoms with Crippen LogP contribution in [0.1, 0.15) is 0 Å². The molecule has 66 valence electrons. The Hall–Kier alpha value is 0.0300. The summed E-state index contributed by atoms with van der Waals surface area (Å²) in [6.07, 6.45) is 0. The molecule has 0 aliphatic heterocycles. The van der Waals surface area contributed by atoms with E-state index in [9.17, 15) is 4.57 Å². The monoisotopic (exact) mass is 222 g/mol. The molecule has 1 aromatic rings. The highest BCUT2D eigenvalue weighted by atomic mass is 35.5. The molecular weight excluding hydrogens is 214 g/mol. The number of hydrogen-bond acceptors (Lipinski definition) is 1. The van der Waals surface area contributed by atoms with Gasteiger partial charge in [-0.3, -0.25) is 0 Å². The number of halogens is 2. The summed E-state index contributed by atoms with van der Waals surface area (Å²) in [5.74, 6) is 0. The summed E-state index contributed by atoms with van der Waals surface area (Å²) in [4.78, 5) is 0. The largest absolute Gasteiger partial charge is 0.319 e. The average molecular weight is 223 g/mol. The Morgan fingerprint density at radius 3 is 2.17 bits per heavy atom. The van der Waals surface area contributed by atoms with Gasteiger partial charge < -0.3 is 4.57 Å². The molecule has 0 aliphatic rings. The Balaban J connectivity index is 3.23. The quantitative estimate of drug-likeness (QED) is 0.668. The highest BCUT2D eigenvalue weighted by molar-refractivity contribution is 7.70. The first-order chi connectivity index (χ1) is 5.41. The molecule has 0 radical (unpaired) electrons. The molecule has 1 nitrogen and oxygen atoms in total. The van der Waals surface area contributed by atoms with Gasteiger partial charge in [-0.2, -0.15) is 0 Å². The van der Waals surface area contributed by atoms with Crippen LogP contribution in [0.4, 0.5) is 0 Å². The van der Waals surface area contributed by atoms with E-state index in [1.807, 2.05) is 0 Å². The fraction of sp³-hybridized carbons (Fsp3) is 0.250. The zero-order valence-corrected chi connectivity index (χ0v) is 9.25. The Morgan fingerprint density at radius 1 is 1.17 bits per heavy atom. The lowest BCUT2D eigenvalue weighted by Gasteiger charge is -2.07. The minimum absolute atomic E-state index is 0.457. The van der Waals surface area contributed by atoms with Crippen LogP contribution >= 0.6 is 30.3 Å². The summed E-state index contributed by atoms with van der Waals surface area (Å²) in [6.45, 7) is 3.40. The predicted octanol–water partition coefficient (Wildman–Crippen LogP) is 3.24. The Bertz CT molecular complexity index is 343. The van der Waals surface area contributed by atoms with E-state index in [1.165, 1.54) is 0 Å². The molecule has 0 N–H and O–H groups in total. The van der Waals surface area contributed by atoms with E-state index < -0.39 is 7.14 Å². The van der Waals surface area contributed by atoms with Gasteiger partial charge in [-0.1, -0.05) is 23.2 Å². The van der Waals surface area contributed by atoms with Gasteiger partial charge in [-0.15, -0.1) is 0 Å². The van der Waals surface area contributed by atoms with E-state index in [0.717, 1.165) is 5.30 Å². The van der Waals surface area contributed by atoms with Crippen molar-refractivity contribution in [3.63, 3.8) is 0 Å². The summed E-state index contributed by atoms with van der Waals surface area (Å²) < 4.78 is 11.6. The predicted molar refractivity (Wildman–Crippen MR) is 55.6 cm³/mol. The molecule has 0 bridgehead atoms. The maximum atomic E-state index is 11.6. The van der Waals surface area contributed by atoms with E-state index in [4.69, 9.17) is 23.2 Å². The number of rotatable bonds is 1. The van der Waals surface area contributed by atoms with Gasteiger partial charge in [-0.05, 0) is 31.5 Å². The topological polar surface area (TPSA) is 17.1 Å². The summed E-state index contributed by atoms with van der Waals surface area (Å²) >= 11 is 11.5. The third-order valence-corrected chi connectivity index (χ3v) is 3.79. The summed E-state index contributed by atoms with van der Waals surface area (Å²) in [5.41, 5.74) is 0. The van der Waals surface area contributed by atoms with Crippen LogP contribution in [0.15, 0.2) is 18.2 Å². The molecule has 0 unspecified atom stereocenters. The van der Waals surface area contributed by atoms with Gasteiger partial charge in [0, 0.05) is 5.30 Å². The Kier molecular flexibility index (Phi) is 2.88. The highest BCUT2D eigenvalue weighted by Gasteiger charge is 2.11. The van der Waals surface area contributed by atoms with Gasteiger partial charge in [0.05, 0.1) is 10.0 Å². The second-order valence-corrected chi connectivity index (χ2v) is 6.98. The van der Waals surface area contributed by atoms with Gasteiger partial charge in [-0.25, -0.2) is 0 Å². The maximum absolute atomic E-state index is 11.6. The summed E-state index contributed by atoms with van der Waals surface area (Å²) in [5, 5.41) is 1.71. The van der Waals surface area contributed by atoms with E-state index in [2.05, 4.69) is 0 Å². The van der Waals surface area contributed by atoms with Crippen LogP contribution in [-0.2, 0) is 4.57 Å². The molecule has 1 aromatic carbocycles. The Morgan fingerprint density at radius 2 is 1.75 bits per heavy atom. The third kappa shape index (κ3) is 2.26. The molecule has 0 amide bonds. The second kappa shape index (κ2) is 3.41. The maximum Gasteiger partial charge on any atom is 0.109 e. The van der Waals surface area contributed by atoms with Gasteiger partial charge in [0.2, 0.25) is 0 Å². The molecule has 0 saturated carbocycles. The fourth-order valence-corrected chi connectivity index (χ4v) is 2.07. The van der Waals surface area contributed by atoms with Crippen LogP contribution in [0.3, 0.4) is 0 Å². The van der Waals surface area contributed by atoms with Crippen molar-refractivity contribution in [2.24, 2.45) is 0 Å². The van der Waals surface area contributed by atoms with Crippen molar-refractivity contribution in [2.75, 3.05) is 13.3 Å². The molecule has 12 heavy (non-hydrogen) atoms. The van der Waals surface area contributed by atoms with Crippen molar-refractivity contribution in [1.29, 1.82) is 0 Å². The molecule has 0 spiro atoms. The van der Waals surface area contributed by atoms with E-state index >= 15 is 0 Å². The van der Waals surface area contributed by atoms with Gasteiger partial charge in [0.25, 0.3) is 0 Å². The lowest BCUT2D eigenvalue weighted by Crippen LogP contribution is -2.01. The molecule has 4 heteroatoms. The summed E-state index contributed by atoms with van der Waals surface area (Å²) in [7, 11) is -2.21. The molecule has 0 aromatic heterocycles. The fourth-order valence-electron chi connectivity index (χ4n) is 0.820. The van der Waals surface area contributed by atoms with Crippen LogP contribution < -0.4 is 5.30 Å². The van der Waals surface area contributed by atoms with E-state index in [1.54, 1.807) is 31.5 Å². The molecular formula is C8H9Cl2OP. The SMILES string of the molecule is CP(C)(=O)c1ccc(Cl)c(Cl)c1. The van der Waals surface area contributed by atoms with Crippen molar-refractivity contribution in [1.82, 2.24) is 0 Å². The van der Waals surface area contributed by atoms with Crippen molar-refractivity contribution in [3.05, 3.63) is 28.2 Å². The third-order valence-electron chi connectivity index (χ3n) is 1.52. The first-order valence-electron chi connectivity index (χ1n) is 3.42. The smallest absolute Gasteiger partial charge is 0.109 e. The summed E-state index contributed by atoms with van der Waals surface area (Å²) in [6, 6.07) is 5.07. The highest BCUT2D eigenvalue weighted by Crippen LogP contribution is 2.36. The zero-order valence-electron chi connectivity index (χ0n) is 6.84. The first kappa shape index (κ1) is 10.1. The number of hydrogen-bond donors (Lipinski definition) is 0. The molecule has 1 rings (SSSR count). The van der Waals surface area contributed by atoms with Gasteiger partial charge >= 0.3 is 0 Å². The van der Waals surface area contributed by atoms with Crippen molar-refractivity contribution >= 4 is 35.6 Å². The number of benzene rings is 1. The molecule has 0 saturated heterocycles. The molecule has 0 aliphatic carbocycles. The lowest BCUT2D eigenvalue weighted by molar-refractivity contribution is 0.588. The van der Waals surface area contributed by atoms with Crippen LogP contribution in [0.25, 0.3) is 0 Å². The van der Waals surface area contributed by atoms with Gasteiger partial charge in [0.15, 0.2) is 0 Å². The lowest BCUT2D eigenvalue weighted by atomic mass is 10.4. The van der Waals surface area contributed by atoms with Crippen LogP contribution in [-0.4, -0.2) is 13.3 Å². The van der Waals surface area contributed by atoms with Crippen molar-refractivity contribution in [2.45, 2.75) is 0 Å². The van der Waals surface area contributed by atoms with E-state index in [-0.39, 0.29) is 0 Å². The van der Waals surface area contributed by atoms with Crippen LogP contribution in [0.5, 0.6) is 0 Å². The van der Waals surface area contributed by atoms with Crippen molar-refractivity contribution < 1.29 is 4.57 Å².